The van der Waals surface area contributed by atoms with Crippen LogP contribution in [-0.2, 0) is 4.79 Å². The number of rotatable bonds is 4. The quantitative estimate of drug-likeness (QED) is 0.723. The van der Waals surface area contributed by atoms with Gasteiger partial charge in [0.25, 0.3) is 11.9 Å². The number of hydrogen-bond donors (Lipinski definition) is 1. The van der Waals surface area contributed by atoms with Crippen LogP contribution < -0.4 is 10.1 Å². The van der Waals surface area contributed by atoms with Gasteiger partial charge in [0.15, 0.2) is 0 Å². The van der Waals surface area contributed by atoms with Gasteiger partial charge in [-0.1, -0.05) is 35.9 Å². The summed E-state index contributed by atoms with van der Waals surface area (Å²) in [6.07, 6.45) is 0.629. The molecule has 0 radical (unpaired) electrons. The molecule has 142 valence electrons. The van der Waals surface area contributed by atoms with E-state index in [2.05, 4.69) is 20.4 Å². The van der Waals surface area contributed by atoms with Crippen molar-refractivity contribution in [3.8, 4) is 5.75 Å². The van der Waals surface area contributed by atoms with Crippen LogP contribution in [0.3, 0.4) is 0 Å². The number of carbonyl (C=O) groups excluding carboxylic acids is 1. The number of fused-ring (bicyclic) bond motifs is 1. The number of ether oxygens (including phenoxy) is 1. The fraction of sp³-hybridized carbons (Fsp3) is 0.200. The highest BCUT2D eigenvalue weighted by molar-refractivity contribution is 6.30. The van der Waals surface area contributed by atoms with Gasteiger partial charge >= 0.3 is 0 Å². The Balaban J connectivity index is 1.77. The van der Waals surface area contributed by atoms with Gasteiger partial charge in [-0.25, -0.2) is 9.67 Å². The summed E-state index contributed by atoms with van der Waals surface area (Å²) >= 11 is 6.02. The normalized spacial score (nSPS) is 15.5. The van der Waals surface area contributed by atoms with Gasteiger partial charge in [0, 0.05) is 18.4 Å². The Hall–Kier alpha value is -3.19. The molecular formula is C20H18ClN5O2. The summed E-state index contributed by atoms with van der Waals surface area (Å²) in [7, 11) is 1.64. The minimum atomic E-state index is -0.231. The van der Waals surface area contributed by atoms with Gasteiger partial charge in [0.05, 0.1) is 18.9 Å². The first kappa shape index (κ1) is 18.2. The molecule has 1 aliphatic rings. The van der Waals surface area contributed by atoms with E-state index in [0.29, 0.717) is 17.4 Å². The van der Waals surface area contributed by atoms with Gasteiger partial charge in [0.1, 0.15) is 5.75 Å². The number of methoxy groups -OCH3 is 1. The van der Waals surface area contributed by atoms with Gasteiger partial charge < -0.3 is 4.74 Å². The summed E-state index contributed by atoms with van der Waals surface area (Å²) in [5, 5.41) is 7.74. The molecule has 28 heavy (non-hydrogen) atoms. The van der Waals surface area contributed by atoms with E-state index in [-0.39, 0.29) is 17.9 Å². The van der Waals surface area contributed by atoms with Crippen molar-refractivity contribution in [2.75, 3.05) is 12.4 Å². The van der Waals surface area contributed by atoms with Gasteiger partial charge in [0.2, 0.25) is 5.91 Å². The number of carbonyl (C=O) groups is 1. The summed E-state index contributed by atoms with van der Waals surface area (Å²) in [5.41, 5.74) is 2.90. The van der Waals surface area contributed by atoms with Crippen LogP contribution in [0.4, 0.5) is 11.9 Å². The predicted molar refractivity (Wildman–Crippen MR) is 108 cm³/mol. The van der Waals surface area contributed by atoms with Crippen LogP contribution in [0, 0.1) is 0 Å². The standard InChI is InChI=1S/C20H18ClN5O2/c1-12(27)22-19-24-20-23-17(13-3-7-15(21)8-4-13)11-18(26(20)25-19)14-5-9-16(28-2)10-6-14/h3-10,18H,11H2,1-2H3,(H,22,25,27). The minimum absolute atomic E-state index is 0.112. The lowest BCUT2D eigenvalue weighted by Crippen LogP contribution is -2.21. The molecule has 0 saturated heterocycles. The molecule has 0 bridgehead atoms. The molecule has 4 rings (SSSR count). The van der Waals surface area contributed by atoms with Crippen molar-refractivity contribution < 1.29 is 9.53 Å². The van der Waals surface area contributed by atoms with Crippen LogP contribution in [-0.4, -0.2) is 33.5 Å². The number of hydrogen-bond acceptors (Lipinski definition) is 5. The molecule has 2 aromatic carbocycles. The first-order chi connectivity index (χ1) is 13.5. The zero-order chi connectivity index (χ0) is 19.7. The molecule has 1 amide bonds. The summed E-state index contributed by atoms with van der Waals surface area (Å²) in [4.78, 5) is 20.4. The van der Waals surface area contributed by atoms with Gasteiger partial charge in [-0.15, -0.1) is 5.10 Å². The predicted octanol–water partition coefficient (Wildman–Crippen LogP) is 4.01. The molecule has 8 heteroatoms. The van der Waals surface area contributed by atoms with Crippen molar-refractivity contribution in [3.63, 3.8) is 0 Å². The Morgan fingerprint density at radius 1 is 1.18 bits per heavy atom. The number of anilines is 1. The molecule has 7 nitrogen and oxygen atoms in total. The molecule has 1 atom stereocenters. The highest BCUT2D eigenvalue weighted by atomic mass is 35.5. The van der Waals surface area contributed by atoms with Crippen LogP contribution in [0.2, 0.25) is 5.02 Å². The monoisotopic (exact) mass is 395 g/mol. The van der Waals surface area contributed by atoms with E-state index < -0.39 is 0 Å². The number of amides is 1. The number of aromatic nitrogens is 3. The number of halogens is 1. The lowest BCUT2D eigenvalue weighted by molar-refractivity contribution is -0.114. The Morgan fingerprint density at radius 2 is 1.89 bits per heavy atom. The van der Waals surface area contributed by atoms with Crippen LogP contribution in [0.15, 0.2) is 53.5 Å². The van der Waals surface area contributed by atoms with E-state index in [9.17, 15) is 4.79 Å². The van der Waals surface area contributed by atoms with Crippen molar-refractivity contribution in [2.45, 2.75) is 19.4 Å². The van der Waals surface area contributed by atoms with Crippen molar-refractivity contribution in [1.29, 1.82) is 0 Å². The third kappa shape index (κ3) is 3.61. The molecule has 0 spiro atoms. The molecule has 1 aromatic heterocycles. The maximum atomic E-state index is 11.4. The van der Waals surface area contributed by atoms with E-state index in [4.69, 9.17) is 16.3 Å². The molecule has 3 aromatic rings. The van der Waals surface area contributed by atoms with Crippen molar-refractivity contribution in [3.05, 3.63) is 64.7 Å². The van der Waals surface area contributed by atoms with Crippen LogP contribution in [0.1, 0.15) is 30.5 Å². The smallest absolute Gasteiger partial charge is 0.250 e. The van der Waals surface area contributed by atoms with E-state index in [0.717, 1.165) is 22.6 Å². The first-order valence-corrected chi connectivity index (χ1v) is 9.13. The van der Waals surface area contributed by atoms with Crippen LogP contribution in [0.5, 0.6) is 5.75 Å². The zero-order valence-electron chi connectivity index (χ0n) is 15.4. The molecule has 0 saturated carbocycles. The molecule has 0 aliphatic carbocycles. The highest BCUT2D eigenvalue weighted by Crippen LogP contribution is 2.34. The van der Waals surface area contributed by atoms with Crippen LogP contribution >= 0.6 is 11.6 Å². The Kier molecular flexibility index (Phi) is 4.83. The zero-order valence-corrected chi connectivity index (χ0v) is 16.1. The van der Waals surface area contributed by atoms with E-state index in [1.807, 2.05) is 48.5 Å². The van der Waals surface area contributed by atoms with Crippen molar-refractivity contribution in [1.82, 2.24) is 14.8 Å². The molecule has 2 heterocycles. The van der Waals surface area contributed by atoms with Gasteiger partial charge in [-0.2, -0.15) is 4.98 Å². The second kappa shape index (κ2) is 7.44. The number of aliphatic imine (C=N–C) groups is 1. The average Bonchev–Trinajstić information content (AvgIpc) is 3.09. The lowest BCUT2D eigenvalue weighted by atomic mass is 9.96. The molecule has 1 aliphatic heterocycles. The average molecular weight is 396 g/mol. The third-order valence-corrected chi connectivity index (χ3v) is 4.75. The van der Waals surface area contributed by atoms with Crippen molar-refractivity contribution in [2.24, 2.45) is 4.99 Å². The SMILES string of the molecule is COc1ccc(C2CC(c3ccc(Cl)cc3)=Nc3nc(NC(C)=O)nn32)cc1. The summed E-state index contributed by atoms with van der Waals surface area (Å²) < 4.78 is 7.00. The number of nitrogens with one attached hydrogen (secondary N) is 1. The fourth-order valence-electron chi connectivity index (χ4n) is 3.16. The molecule has 1 unspecified atom stereocenters. The summed E-state index contributed by atoms with van der Waals surface area (Å²) in [6, 6.07) is 15.3. The number of benzene rings is 2. The van der Waals surface area contributed by atoms with Gasteiger partial charge in [-0.3, -0.25) is 10.1 Å². The second-order valence-electron chi connectivity index (χ2n) is 6.42. The maximum absolute atomic E-state index is 11.4. The third-order valence-electron chi connectivity index (χ3n) is 4.50. The Morgan fingerprint density at radius 3 is 2.54 bits per heavy atom. The van der Waals surface area contributed by atoms with Crippen LogP contribution in [0.25, 0.3) is 0 Å². The molecule has 1 N–H and O–H groups in total. The minimum Gasteiger partial charge on any atom is -0.497 e. The van der Waals surface area contributed by atoms with E-state index in [1.54, 1.807) is 11.8 Å². The first-order valence-electron chi connectivity index (χ1n) is 8.75. The summed E-state index contributed by atoms with van der Waals surface area (Å²) in [5.74, 6) is 1.23. The largest absolute Gasteiger partial charge is 0.497 e. The lowest BCUT2D eigenvalue weighted by Gasteiger charge is -2.24. The topological polar surface area (TPSA) is 81.4 Å². The van der Waals surface area contributed by atoms with E-state index >= 15 is 0 Å². The maximum Gasteiger partial charge on any atom is 0.250 e. The summed E-state index contributed by atoms with van der Waals surface area (Å²) in [6.45, 7) is 1.42. The van der Waals surface area contributed by atoms with E-state index in [1.165, 1.54) is 6.92 Å². The molecule has 0 fully saturated rings. The highest BCUT2D eigenvalue weighted by Gasteiger charge is 2.28. The number of nitrogens with zero attached hydrogens (tertiary/aromatic N) is 4. The second-order valence-corrected chi connectivity index (χ2v) is 6.86. The van der Waals surface area contributed by atoms with Gasteiger partial charge in [-0.05, 0) is 35.4 Å². The Bertz CT molecular complexity index is 1040. The molecular weight excluding hydrogens is 378 g/mol. The Labute approximate surface area is 167 Å². The van der Waals surface area contributed by atoms with Crippen molar-refractivity contribution >= 4 is 35.1 Å². The fourth-order valence-corrected chi connectivity index (χ4v) is 3.28.